The summed E-state index contributed by atoms with van der Waals surface area (Å²) in [5, 5.41) is 4.61. The summed E-state index contributed by atoms with van der Waals surface area (Å²) < 4.78 is 5.39. The fourth-order valence-corrected chi connectivity index (χ4v) is 2.83. The van der Waals surface area contributed by atoms with Gasteiger partial charge in [0.25, 0.3) is 0 Å². The second-order valence-corrected chi connectivity index (χ2v) is 5.61. The van der Waals surface area contributed by atoms with E-state index in [4.69, 9.17) is 4.74 Å². The highest BCUT2D eigenvalue weighted by Gasteiger charge is 2.14. The van der Waals surface area contributed by atoms with Crippen molar-refractivity contribution in [3.63, 3.8) is 0 Å². The minimum absolute atomic E-state index is 0.450. The summed E-state index contributed by atoms with van der Waals surface area (Å²) in [5.74, 6) is 0.916. The number of pyridine rings is 2. The summed E-state index contributed by atoms with van der Waals surface area (Å²) >= 11 is 0. The van der Waals surface area contributed by atoms with Crippen LogP contribution >= 0.6 is 0 Å². The Labute approximate surface area is 128 Å². The van der Waals surface area contributed by atoms with E-state index in [1.807, 2.05) is 24.5 Å². The molecule has 0 aliphatic carbocycles. The Morgan fingerprint density at radius 3 is 2.91 bits per heavy atom. The van der Waals surface area contributed by atoms with E-state index < -0.39 is 0 Å². The predicted octanol–water partition coefficient (Wildman–Crippen LogP) is 3.22. The molecule has 22 heavy (non-hydrogen) atoms. The third-order valence-electron chi connectivity index (χ3n) is 4.05. The van der Waals surface area contributed by atoms with Gasteiger partial charge in [0.05, 0.1) is 5.52 Å². The number of rotatable bonds is 3. The van der Waals surface area contributed by atoms with E-state index in [-0.39, 0.29) is 0 Å². The molecule has 5 nitrogen and oxygen atoms in total. The van der Waals surface area contributed by atoms with Crippen LogP contribution in [0.5, 0.6) is 0 Å². The highest BCUT2D eigenvalue weighted by Crippen LogP contribution is 2.25. The van der Waals surface area contributed by atoms with E-state index in [1.165, 1.54) is 0 Å². The third-order valence-corrected chi connectivity index (χ3v) is 4.05. The van der Waals surface area contributed by atoms with E-state index in [9.17, 15) is 0 Å². The summed E-state index contributed by atoms with van der Waals surface area (Å²) in [6, 6.07) is 8.62. The maximum atomic E-state index is 5.39. The number of anilines is 1. The first-order valence-corrected chi connectivity index (χ1v) is 7.62. The van der Waals surface area contributed by atoms with Crippen molar-refractivity contribution in [2.75, 3.05) is 18.5 Å². The molecule has 1 saturated heterocycles. The fourth-order valence-electron chi connectivity index (χ4n) is 2.83. The Kier molecular flexibility index (Phi) is 3.48. The van der Waals surface area contributed by atoms with E-state index in [0.29, 0.717) is 6.04 Å². The van der Waals surface area contributed by atoms with Crippen LogP contribution in [-0.2, 0) is 4.74 Å². The number of aromatic nitrogens is 3. The molecule has 0 atom stereocenters. The molecule has 5 heteroatoms. The molecular formula is C17H18N4O. The molecule has 1 aliphatic rings. The molecule has 0 unspecified atom stereocenters. The summed E-state index contributed by atoms with van der Waals surface area (Å²) in [4.78, 5) is 12.1. The minimum atomic E-state index is 0.450. The lowest BCUT2D eigenvalue weighted by Crippen LogP contribution is -2.28. The van der Waals surface area contributed by atoms with E-state index in [2.05, 4.69) is 32.4 Å². The lowest BCUT2D eigenvalue weighted by atomic mass is 10.1. The topological polar surface area (TPSA) is 62.8 Å². The van der Waals surface area contributed by atoms with Crippen LogP contribution in [0.3, 0.4) is 0 Å². The molecule has 3 aromatic heterocycles. The van der Waals surface area contributed by atoms with Gasteiger partial charge in [-0.1, -0.05) is 0 Å². The number of hydrogen-bond acceptors (Lipinski definition) is 4. The first-order valence-electron chi connectivity index (χ1n) is 7.62. The number of aromatic amines is 1. The lowest BCUT2D eigenvalue weighted by Gasteiger charge is -2.23. The average Bonchev–Trinajstić information content (AvgIpc) is 3.00. The molecule has 0 bridgehead atoms. The Balaban J connectivity index is 1.60. The molecule has 112 valence electrons. The average molecular weight is 294 g/mol. The van der Waals surface area contributed by atoms with Crippen molar-refractivity contribution in [3.8, 4) is 11.3 Å². The standard InChI is InChI=1S/C17H18N4O/c1-2-12(10-18-5-1)15-8-13-11-19-17(9-16(13)21-15)20-14-3-6-22-7-4-14/h1-2,5,8-11,14,21H,3-4,6-7H2,(H,19,20). The monoisotopic (exact) mass is 294 g/mol. The highest BCUT2D eigenvalue weighted by atomic mass is 16.5. The normalized spacial score (nSPS) is 16.0. The van der Waals surface area contributed by atoms with Crippen molar-refractivity contribution in [1.82, 2.24) is 15.0 Å². The zero-order valence-corrected chi connectivity index (χ0v) is 12.2. The summed E-state index contributed by atoms with van der Waals surface area (Å²) in [7, 11) is 0. The molecule has 0 radical (unpaired) electrons. The van der Waals surface area contributed by atoms with Gasteiger partial charge in [-0.2, -0.15) is 0 Å². The Bertz CT molecular complexity index is 763. The van der Waals surface area contributed by atoms with Crippen molar-refractivity contribution in [2.45, 2.75) is 18.9 Å². The molecule has 4 rings (SSSR count). The first-order chi connectivity index (χ1) is 10.9. The van der Waals surface area contributed by atoms with Crippen LogP contribution in [0.25, 0.3) is 22.2 Å². The van der Waals surface area contributed by atoms with Crippen molar-refractivity contribution in [3.05, 3.63) is 42.9 Å². The fraction of sp³-hybridized carbons (Fsp3) is 0.294. The van der Waals surface area contributed by atoms with Gasteiger partial charge in [0, 0.05) is 60.6 Å². The zero-order valence-electron chi connectivity index (χ0n) is 12.2. The zero-order chi connectivity index (χ0) is 14.8. The molecular weight excluding hydrogens is 276 g/mol. The molecule has 1 fully saturated rings. The molecule has 4 heterocycles. The van der Waals surface area contributed by atoms with Crippen LogP contribution in [0.4, 0.5) is 5.82 Å². The van der Waals surface area contributed by atoms with Gasteiger partial charge < -0.3 is 15.0 Å². The number of nitrogens with one attached hydrogen (secondary N) is 2. The van der Waals surface area contributed by atoms with Crippen LogP contribution in [0.2, 0.25) is 0 Å². The number of ether oxygens (including phenoxy) is 1. The van der Waals surface area contributed by atoms with Gasteiger partial charge in [-0.05, 0) is 31.0 Å². The minimum Gasteiger partial charge on any atom is -0.381 e. The van der Waals surface area contributed by atoms with Gasteiger partial charge in [0.15, 0.2) is 0 Å². The summed E-state index contributed by atoms with van der Waals surface area (Å²) in [6.45, 7) is 1.65. The smallest absolute Gasteiger partial charge is 0.128 e. The highest BCUT2D eigenvalue weighted by molar-refractivity contribution is 5.86. The number of nitrogens with zero attached hydrogens (tertiary/aromatic N) is 2. The molecule has 0 amide bonds. The van der Waals surface area contributed by atoms with Gasteiger partial charge >= 0.3 is 0 Å². The van der Waals surface area contributed by atoms with Crippen molar-refractivity contribution in [2.24, 2.45) is 0 Å². The largest absolute Gasteiger partial charge is 0.381 e. The molecule has 0 spiro atoms. The third kappa shape index (κ3) is 2.67. The Morgan fingerprint density at radius 2 is 2.09 bits per heavy atom. The molecule has 3 aromatic rings. The maximum Gasteiger partial charge on any atom is 0.128 e. The number of fused-ring (bicyclic) bond motifs is 1. The van der Waals surface area contributed by atoms with E-state index in [1.54, 1.807) is 6.20 Å². The van der Waals surface area contributed by atoms with Gasteiger partial charge in [-0.3, -0.25) is 4.98 Å². The Morgan fingerprint density at radius 1 is 1.18 bits per heavy atom. The molecule has 0 saturated carbocycles. The van der Waals surface area contributed by atoms with E-state index in [0.717, 1.165) is 54.0 Å². The SMILES string of the molecule is c1cncc(-c2cc3cnc(NC4CCOCC4)cc3[nH]2)c1. The molecule has 0 aromatic carbocycles. The van der Waals surface area contributed by atoms with E-state index >= 15 is 0 Å². The van der Waals surface area contributed by atoms with Crippen molar-refractivity contribution < 1.29 is 4.74 Å². The first kappa shape index (κ1) is 13.3. The van der Waals surface area contributed by atoms with Crippen LogP contribution in [0.1, 0.15) is 12.8 Å². The summed E-state index contributed by atoms with van der Waals surface area (Å²) in [6.07, 6.45) is 7.62. The lowest BCUT2D eigenvalue weighted by molar-refractivity contribution is 0.0904. The van der Waals surface area contributed by atoms with Gasteiger partial charge in [-0.25, -0.2) is 4.98 Å². The molecule has 2 N–H and O–H groups in total. The van der Waals surface area contributed by atoms with Crippen LogP contribution in [0.15, 0.2) is 42.9 Å². The summed E-state index contributed by atoms with van der Waals surface area (Å²) in [5.41, 5.74) is 3.23. The molecule has 1 aliphatic heterocycles. The van der Waals surface area contributed by atoms with Crippen molar-refractivity contribution in [1.29, 1.82) is 0 Å². The van der Waals surface area contributed by atoms with Crippen LogP contribution in [0, 0.1) is 0 Å². The van der Waals surface area contributed by atoms with Gasteiger partial charge in [0.2, 0.25) is 0 Å². The van der Waals surface area contributed by atoms with Crippen LogP contribution < -0.4 is 5.32 Å². The number of hydrogen-bond donors (Lipinski definition) is 2. The second-order valence-electron chi connectivity index (χ2n) is 5.61. The number of H-pyrrole nitrogens is 1. The van der Waals surface area contributed by atoms with Gasteiger partial charge in [-0.15, -0.1) is 0 Å². The van der Waals surface area contributed by atoms with Gasteiger partial charge in [0.1, 0.15) is 5.82 Å². The quantitative estimate of drug-likeness (QED) is 0.778. The maximum absolute atomic E-state index is 5.39. The second kappa shape index (κ2) is 5.77. The Hall–Kier alpha value is -2.40. The van der Waals surface area contributed by atoms with Crippen LogP contribution in [-0.4, -0.2) is 34.2 Å². The van der Waals surface area contributed by atoms with Crippen molar-refractivity contribution >= 4 is 16.7 Å². The predicted molar refractivity (Wildman–Crippen MR) is 86.8 cm³/mol.